The molecule has 11 nitrogen and oxygen atoms in total. The number of hydrogen-bond acceptors (Lipinski definition) is 8. The minimum absolute atomic E-state index is 0.00321. The smallest absolute Gasteiger partial charge is 0.258 e. The van der Waals surface area contributed by atoms with Gasteiger partial charge in [0.05, 0.1) is 41.3 Å². The lowest BCUT2D eigenvalue weighted by molar-refractivity contribution is -0.129. The minimum Gasteiger partial charge on any atom is -0.358 e. The average Bonchev–Trinajstić information content (AvgIpc) is 3.25. The molecule has 0 atom stereocenters. The van der Waals surface area contributed by atoms with Gasteiger partial charge in [-0.2, -0.15) is 5.10 Å². The number of piperazine rings is 1. The number of likely N-dealkylation sites (N-methyl/N-ethyl adjacent to an activating group) is 1. The summed E-state index contributed by atoms with van der Waals surface area (Å²) in [6.45, 7) is 1.56. The van der Waals surface area contributed by atoms with Crippen LogP contribution in [0.15, 0.2) is 47.9 Å². The summed E-state index contributed by atoms with van der Waals surface area (Å²) in [7, 11) is -1.73. The van der Waals surface area contributed by atoms with Gasteiger partial charge in [-0.1, -0.05) is 11.6 Å². The number of hydrogen-bond donors (Lipinski definition) is 1. The number of sulfone groups is 1. The normalized spacial score (nSPS) is 14.5. The number of amides is 2. The van der Waals surface area contributed by atoms with E-state index in [1.807, 2.05) is 4.90 Å². The summed E-state index contributed by atoms with van der Waals surface area (Å²) in [4.78, 5) is 36.6. The van der Waals surface area contributed by atoms with Gasteiger partial charge in [0.2, 0.25) is 5.91 Å². The van der Waals surface area contributed by atoms with Crippen molar-refractivity contribution in [2.75, 3.05) is 43.2 Å². The van der Waals surface area contributed by atoms with Gasteiger partial charge >= 0.3 is 0 Å². The highest BCUT2D eigenvalue weighted by molar-refractivity contribution is 7.90. The van der Waals surface area contributed by atoms with Crippen molar-refractivity contribution in [1.82, 2.24) is 24.6 Å². The second-order valence-electron chi connectivity index (χ2n) is 7.55. The van der Waals surface area contributed by atoms with Gasteiger partial charge in [-0.3, -0.25) is 9.59 Å². The summed E-state index contributed by atoms with van der Waals surface area (Å²) >= 11 is 5.98. The first-order chi connectivity index (χ1) is 15.6. The molecule has 0 aliphatic carbocycles. The minimum atomic E-state index is -3.49. The number of halogens is 1. The van der Waals surface area contributed by atoms with Crippen molar-refractivity contribution in [3.63, 3.8) is 0 Å². The van der Waals surface area contributed by atoms with Gasteiger partial charge in [0.25, 0.3) is 11.9 Å². The topological polar surface area (TPSA) is 130 Å². The highest BCUT2D eigenvalue weighted by Crippen LogP contribution is 2.23. The molecule has 172 valence electrons. The number of anilines is 2. The Bertz CT molecular complexity index is 1320. The SMILES string of the molecule is CN1CCN(c2cnc(-n3cc(C(=O)Nc4cc(Cl)cc(S(C)(=O)=O)c4)cn3)nc2)CC1=O. The van der Waals surface area contributed by atoms with E-state index in [9.17, 15) is 18.0 Å². The molecule has 0 spiro atoms. The van der Waals surface area contributed by atoms with Crippen LogP contribution in [-0.2, 0) is 14.6 Å². The Morgan fingerprint density at radius 2 is 1.85 bits per heavy atom. The fourth-order valence-electron chi connectivity index (χ4n) is 3.18. The number of carbonyl (C=O) groups is 2. The van der Waals surface area contributed by atoms with Crippen LogP contribution in [0.5, 0.6) is 0 Å². The number of rotatable bonds is 5. The van der Waals surface area contributed by atoms with Gasteiger partial charge in [0, 0.05) is 43.3 Å². The zero-order valence-corrected chi connectivity index (χ0v) is 19.3. The maximum Gasteiger partial charge on any atom is 0.258 e. The standard InChI is InChI=1S/C20H20ClN7O4S/c1-26-3-4-27(12-18(26)29)16-9-22-20(23-10-16)28-11-13(8-24-28)19(30)25-15-5-14(21)6-17(7-15)33(2,31)32/h5-11H,3-4,12H2,1-2H3,(H,25,30). The Hall–Kier alpha value is -3.51. The van der Waals surface area contributed by atoms with Crippen molar-refractivity contribution in [2.45, 2.75) is 4.90 Å². The third kappa shape index (κ3) is 5.12. The number of nitrogens with zero attached hydrogens (tertiary/aromatic N) is 6. The van der Waals surface area contributed by atoms with Crippen LogP contribution in [0.4, 0.5) is 11.4 Å². The van der Waals surface area contributed by atoms with Crippen LogP contribution < -0.4 is 10.2 Å². The van der Waals surface area contributed by atoms with E-state index in [0.717, 1.165) is 6.26 Å². The first kappa shape index (κ1) is 22.7. The van der Waals surface area contributed by atoms with E-state index in [-0.39, 0.29) is 39.6 Å². The van der Waals surface area contributed by atoms with Crippen molar-refractivity contribution in [3.05, 3.63) is 53.6 Å². The molecular formula is C20H20ClN7O4S. The monoisotopic (exact) mass is 489 g/mol. The number of nitrogens with one attached hydrogen (secondary N) is 1. The Balaban J connectivity index is 1.47. The first-order valence-corrected chi connectivity index (χ1v) is 12.0. The summed E-state index contributed by atoms with van der Waals surface area (Å²) in [5.41, 5.74) is 1.17. The quantitative estimate of drug-likeness (QED) is 0.566. The lowest BCUT2D eigenvalue weighted by Crippen LogP contribution is -2.48. The molecule has 1 aromatic carbocycles. The molecular weight excluding hydrogens is 470 g/mol. The van der Waals surface area contributed by atoms with Crippen molar-refractivity contribution in [2.24, 2.45) is 0 Å². The molecule has 4 rings (SSSR count). The molecule has 13 heteroatoms. The van der Waals surface area contributed by atoms with Gasteiger partial charge in [0.1, 0.15) is 0 Å². The number of aromatic nitrogens is 4. The molecule has 1 aliphatic rings. The van der Waals surface area contributed by atoms with E-state index in [4.69, 9.17) is 11.6 Å². The molecule has 3 heterocycles. The zero-order chi connectivity index (χ0) is 23.8. The van der Waals surface area contributed by atoms with E-state index in [2.05, 4.69) is 20.4 Å². The van der Waals surface area contributed by atoms with Crippen molar-refractivity contribution in [1.29, 1.82) is 0 Å². The molecule has 1 N–H and O–H groups in total. The van der Waals surface area contributed by atoms with E-state index in [1.165, 1.54) is 35.3 Å². The molecule has 2 amide bonds. The third-order valence-electron chi connectivity index (χ3n) is 5.05. The predicted octanol–water partition coefficient (Wildman–Crippen LogP) is 1.25. The van der Waals surface area contributed by atoms with E-state index in [1.54, 1.807) is 24.3 Å². The summed E-state index contributed by atoms with van der Waals surface area (Å²) in [6.07, 6.45) is 7.04. The molecule has 1 fully saturated rings. The van der Waals surface area contributed by atoms with Crippen molar-refractivity contribution < 1.29 is 18.0 Å². The van der Waals surface area contributed by atoms with Crippen LogP contribution >= 0.6 is 11.6 Å². The van der Waals surface area contributed by atoms with E-state index in [0.29, 0.717) is 18.8 Å². The molecule has 0 radical (unpaired) electrons. The van der Waals surface area contributed by atoms with Crippen LogP contribution in [0.25, 0.3) is 5.95 Å². The molecule has 0 unspecified atom stereocenters. The van der Waals surface area contributed by atoms with E-state index < -0.39 is 15.7 Å². The molecule has 0 bridgehead atoms. The Morgan fingerprint density at radius 1 is 1.12 bits per heavy atom. The summed E-state index contributed by atoms with van der Waals surface area (Å²) in [6, 6.07) is 4.08. The fourth-order valence-corrected chi connectivity index (χ4v) is 4.16. The number of benzene rings is 1. The Kier molecular flexibility index (Phi) is 6.04. The highest BCUT2D eigenvalue weighted by atomic mass is 35.5. The fraction of sp³-hybridized carbons (Fsp3) is 0.250. The van der Waals surface area contributed by atoms with Crippen LogP contribution in [0, 0.1) is 0 Å². The van der Waals surface area contributed by atoms with Crippen LogP contribution in [0.1, 0.15) is 10.4 Å². The largest absolute Gasteiger partial charge is 0.358 e. The molecule has 33 heavy (non-hydrogen) atoms. The molecule has 2 aromatic heterocycles. The summed E-state index contributed by atoms with van der Waals surface area (Å²) in [5, 5.41) is 6.91. The van der Waals surface area contributed by atoms with Crippen LogP contribution in [-0.4, -0.2) is 77.8 Å². The lowest BCUT2D eigenvalue weighted by Gasteiger charge is -2.33. The van der Waals surface area contributed by atoms with E-state index >= 15 is 0 Å². The van der Waals surface area contributed by atoms with Crippen LogP contribution in [0.3, 0.4) is 0 Å². The molecule has 0 saturated carbocycles. The third-order valence-corrected chi connectivity index (χ3v) is 6.36. The predicted molar refractivity (Wildman–Crippen MR) is 122 cm³/mol. The Morgan fingerprint density at radius 3 is 2.52 bits per heavy atom. The second-order valence-corrected chi connectivity index (χ2v) is 10.0. The Labute approximate surface area is 194 Å². The molecule has 3 aromatic rings. The average molecular weight is 490 g/mol. The zero-order valence-electron chi connectivity index (χ0n) is 17.8. The van der Waals surface area contributed by atoms with Crippen LogP contribution in [0.2, 0.25) is 5.02 Å². The van der Waals surface area contributed by atoms with Gasteiger partial charge in [-0.15, -0.1) is 0 Å². The molecule has 1 saturated heterocycles. The maximum absolute atomic E-state index is 12.6. The van der Waals surface area contributed by atoms with Gasteiger partial charge in [-0.05, 0) is 18.2 Å². The summed E-state index contributed by atoms with van der Waals surface area (Å²) < 4.78 is 24.9. The number of carbonyl (C=O) groups excluding carboxylic acids is 2. The van der Waals surface area contributed by atoms with Crippen molar-refractivity contribution >= 4 is 44.6 Å². The first-order valence-electron chi connectivity index (χ1n) is 9.78. The maximum atomic E-state index is 12.6. The molecule has 1 aliphatic heterocycles. The second kappa shape index (κ2) is 8.79. The van der Waals surface area contributed by atoms with Crippen molar-refractivity contribution in [3.8, 4) is 5.95 Å². The van der Waals surface area contributed by atoms with Gasteiger partial charge in [-0.25, -0.2) is 23.1 Å². The lowest BCUT2D eigenvalue weighted by atomic mass is 10.3. The van der Waals surface area contributed by atoms with Gasteiger partial charge < -0.3 is 15.1 Å². The highest BCUT2D eigenvalue weighted by Gasteiger charge is 2.22. The summed E-state index contributed by atoms with van der Waals surface area (Å²) in [5.74, 6) is -0.229. The van der Waals surface area contributed by atoms with Gasteiger partial charge in [0.15, 0.2) is 9.84 Å².